The van der Waals surface area contributed by atoms with Crippen molar-refractivity contribution in [2.45, 2.75) is 31.8 Å². The predicted octanol–water partition coefficient (Wildman–Crippen LogP) is 3.68. The molecule has 2 rings (SSSR count). The number of H-pyrrole nitrogens is 1. The van der Waals surface area contributed by atoms with Crippen LogP contribution in [0.1, 0.15) is 31.7 Å². The number of hydrogen-bond acceptors (Lipinski definition) is 6. The van der Waals surface area contributed by atoms with E-state index in [2.05, 4.69) is 15.2 Å². The number of thioether (sulfide) groups is 1. The molecule has 0 radical (unpaired) electrons. The Morgan fingerprint density at radius 2 is 2.20 bits per heavy atom. The third-order valence-corrected chi connectivity index (χ3v) is 4.76. The van der Waals surface area contributed by atoms with Crippen molar-refractivity contribution in [1.82, 2.24) is 15.2 Å². The molecule has 0 saturated heterocycles. The fourth-order valence-corrected chi connectivity index (χ4v) is 3.35. The summed E-state index contributed by atoms with van der Waals surface area (Å²) in [6.45, 7) is 4.24. The zero-order chi connectivity index (χ0) is 18.4. The highest BCUT2D eigenvalue weighted by Crippen LogP contribution is 2.34. The summed E-state index contributed by atoms with van der Waals surface area (Å²) >= 11 is 2.94. The van der Waals surface area contributed by atoms with Crippen LogP contribution in [-0.4, -0.2) is 38.0 Å². The summed E-state index contributed by atoms with van der Waals surface area (Å²) in [5, 5.41) is 26.6. The molecular weight excluding hydrogens is 457 g/mol. The van der Waals surface area contributed by atoms with Gasteiger partial charge >= 0.3 is 5.97 Å². The van der Waals surface area contributed by atoms with Crippen LogP contribution in [0.2, 0.25) is 0 Å². The maximum Gasteiger partial charge on any atom is 0.342 e. The number of benzene rings is 1. The summed E-state index contributed by atoms with van der Waals surface area (Å²) in [7, 11) is 0. The van der Waals surface area contributed by atoms with Crippen LogP contribution in [0, 0.1) is 3.57 Å². The third kappa shape index (κ3) is 5.36. The first-order chi connectivity index (χ1) is 11.9. The van der Waals surface area contributed by atoms with Gasteiger partial charge in [0.25, 0.3) is 0 Å². The molecule has 0 saturated carbocycles. The molecule has 134 valence electrons. The van der Waals surface area contributed by atoms with Gasteiger partial charge in [-0.05, 0) is 71.5 Å². The van der Waals surface area contributed by atoms with Crippen LogP contribution in [0.15, 0.2) is 22.2 Å². The lowest BCUT2D eigenvalue weighted by molar-refractivity contribution is -0.131. The lowest BCUT2D eigenvalue weighted by Crippen LogP contribution is -1.98. The van der Waals surface area contributed by atoms with Crippen molar-refractivity contribution >= 4 is 46.4 Å². The zero-order valence-electron chi connectivity index (χ0n) is 13.7. The van der Waals surface area contributed by atoms with Crippen molar-refractivity contribution in [3.63, 3.8) is 0 Å². The van der Waals surface area contributed by atoms with Crippen LogP contribution >= 0.6 is 34.4 Å². The number of nitrogens with one attached hydrogen (secondary N) is 1. The summed E-state index contributed by atoms with van der Waals surface area (Å²) in [6, 6.07) is 3.29. The Morgan fingerprint density at radius 1 is 1.44 bits per heavy atom. The Kier molecular flexibility index (Phi) is 7.12. The number of rotatable bonds is 8. The Bertz CT molecular complexity index is 792. The highest BCUT2D eigenvalue weighted by atomic mass is 127. The van der Waals surface area contributed by atoms with Crippen molar-refractivity contribution in [1.29, 1.82) is 0 Å². The molecule has 0 amide bonds. The number of aromatic nitrogens is 3. The van der Waals surface area contributed by atoms with Crippen LogP contribution in [0.5, 0.6) is 11.5 Å². The van der Waals surface area contributed by atoms with Gasteiger partial charge in [0.15, 0.2) is 11.5 Å². The molecule has 0 bridgehead atoms. The zero-order valence-corrected chi connectivity index (χ0v) is 16.7. The molecule has 3 N–H and O–H groups in total. The number of nitrogens with zero attached hydrogens (tertiary/aromatic N) is 2. The molecule has 1 aromatic heterocycles. The Morgan fingerprint density at radius 3 is 2.84 bits per heavy atom. The van der Waals surface area contributed by atoms with E-state index in [0.29, 0.717) is 26.6 Å². The molecule has 2 aromatic rings. The lowest BCUT2D eigenvalue weighted by atomic mass is 10.2. The molecule has 0 aliphatic heterocycles. The van der Waals surface area contributed by atoms with E-state index in [-0.39, 0.29) is 10.7 Å². The first-order valence-electron chi connectivity index (χ1n) is 7.64. The van der Waals surface area contributed by atoms with E-state index < -0.39 is 5.97 Å². The first kappa shape index (κ1) is 19.6. The topological polar surface area (TPSA) is 108 Å². The van der Waals surface area contributed by atoms with Gasteiger partial charge < -0.3 is 14.9 Å². The largest absolute Gasteiger partial charge is 0.504 e. The minimum atomic E-state index is -1.08. The summed E-state index contributed by atoms with van der Waals surface area (Å²) in [5.74, 6) is 0.0151. The molecule has 25 heavy (non-hydrogen) atoms. The second-order valence-electron chi connectivity index (χ2n) is 5.01. The number of carboxylic acids is 1. The van der Waals surface area contributed by atoms with E-state index in [9.17, 15) is 15.0 Å². The number of phenols is 1. The van der Waals surface area contributed by atoms with E-state index in [1.165, 1.54) is 6.08 Å². The number of phenolic OH excluding ortho intramolecular Hbond substituents is 1. The van der Waals surface area contributed by atoms with Crippen molar-refractivity contribution in [3.05, 3.63) is 32.0 Å². The number of aryl methyl sites for hydroxylation is 1. The number of carboxylic acid groups (broad SMARTS) is 1. The second-order valence-corrected chi connectivity index (χ2v) is 7.18. The van der Waals surface area contributed by atoms with E-state index in [1.807, 2.05) is 36.4 Å². The molecule has 1 heterocycles. The molecule has 1 aromatic carbocycles. The van der Waals surface area contributed by atoms with Gasteiger partial charge in [-0.15, -0.1) is 5.10 Å². The normalized spacial score (nSPS) is 11.6. The van der Waals surface area contributed by atoms with Gasteiger partial charge in [0.2, 0.25) is 5.16 Å². The van der Waals surface area contributed by atoms with Crippen molar-refractivity contribution < 1.29 is 19.7 Å². The summed E-state index contributed by atoms with van der Waals surface area (Å²) < 4.78 is 5.96. The lowest BCUT2D eigenvalue weighted by Gasteiger charge is -2.09. The second kappa shape index (κ2) is 9.09. The molecule has 0 aliphatic carbocycles. The van der Waals surface area contributed by atoms with Gasteiger partial charge in [-0.1, -0.05) is 6.92 Å². The Labute approximate surface area is 163 Å². The van der Waals surface area contributed by atoms with Gasteiger partial charge in [-0.2, -0.15) is 0 Å². The maximum absolute atomic E-state index is 11.6. The molecule has 0 fully saturated rings. The van der Waals surface area contributed by atoms with Crippen molar-refractivity contribution in [3.8, 4) is 11.5 Å². The van der Waals surface area contributed by atoms with Crippen molar-refractivity contribution in [2.75, 3.05) is 6.61 Å². The minimum absolute atomic E-state index is 0.0438. The number of aromatic hydroxyl groups is 1. The van der Waals surface area contributed by atoms with Crippen molar-refractivity contribution in [2.24, 2.45) is 0 Å². The average Bonchev–Trinajstić information content (AvgIpc) is 2.99. The predicted molar refractivity (Wildman–Crippen MR) is 104 cm³/mol. The standard InChI is InChI=1S/C16H18IN3O4S/c1-3-5-13-18-16(20-19-13)25-12(15(22)23)8-9-6-10(17)14(21)11(7-9)24-4-2/h6-8,21H,3-5H2,1-2H3,(H,22,23)(H,18,19,20)/b12-8-. The maximum atomic E-state index is 11.6. The van der Waals surface area contributed by atoms with Crippen LogP contribution in [0.25, 0.3) is 6.08 Å². The molecule has 0 atom stereocenters. The minimum Gasteiger partial charge on any atom is -0.504 e. The van der Waals surface area contributed by atoms with E-state index in [1.54, 1.807) is 12.1 Å². The Balaban J connectivity index is 2.31. The molecule has 9 heteroatoms. The van der Waals surface area contributed by atoms with Crippen LogP contribution < -0.4 is 4.74 Å². The first-order valence-corrected chi connectivity index (χ1v) is 9.53. The van der Waals surface area contributed by atoms with E-state index in [0.717, 1.165) is 30.4 Å². The number of carbonyl (C=O) groups is 1. The molecule has 7 nitrogen and oxygen atoms in total. The monoisotopic (exact) mass is 475 g/mol. The number of halogens is 1. The fraction of sp³-hybridized carbons (Fsp3) is 0.312. The summed E-state index contributed by atoms with van der Waals surface area (Å²) in [4.78, 5) is 15.9. The number of ether oxygens (including phenoxy) is 1. The van der Waals surface area contributed by atoms with Gasteiger partial charge in [-0.25, -0.2) is 9.78 Å². The van der Waals surface area contributed by atoms with Crippen LogP contribution in [-0.2, 0) is 11.2 Å². The summed E-state index contributed by atoms with van der Waals surface area (Å²) in [6.07, 6.45) is 3.19. The Hall–Kier alpha value is -1.75. The van der Waals surface area contributed by atoms with E-state index >= 15 is 0 Å². The number of aliphatic carboxylic acids is 1. The molecular formula is C16H18IN3O4S. The third-order valence-electron chi connectivity index (χ3n) is 3.06. The van der Waals surface area contributed by atoms with Crippen LogP contribution in [0.4, 0.5) is 0 Å². The van der Waals surface area contributed by atoms with Gasteiger partial charge in [-0.3, -0.25) is 5.10 Å². The highest BCUT2D eigenvalue weighted by Gasteiger charge is 2.15. The van der Waals surface area contributed by atoms with Gasteiger partial charge in [0.05, 0.1) is 10.2 Å². The smallest absolute Gasteiger partial charge is 0.342 e. The van der Waals surface area contributed by atoms with Gasteiger partial charge in [0, 0.05) is 6.42 Å². The number of aromatic amines is 1. The quantitative estimate of drug-likeness (QED) is 0.304. The molecule has 0 unspecified atom stereocenters. The van der Waals surface area contributed by atoms with E-state index in [4.69, 9.17) is 4.74 Å². The fourth-order valence-electron chi connectivity index (χ4n) is 2.00. The average molecular weight is 475 g/mol. The molecule has 0 spiro atoms. The van der Waals surface area contributed by atoms with Gasteiger partial charge in [0.1, 0.15) is 10.7 Å². The number of hydrogen-bond donors (Lipinski definition) is 3. The highest BCUT2D eigenvalue weighted by molar-refractivity contribution is 14.1. The molecule has 0 aliphatic rings. The SMILES string of the molecule is CCCc1nc(S/C(=C\c2cc(I)c(O)c(OCC)c2)C(=O)O)n[nH]1. The summed E-state index contributed by atoms with van der Waals surface area (Å²) in [5.41, 5.74) is 0.611. The van der Waals surface area contributed by atoms with Crippen LogP contribution in [0.3, 0.4) is 0 Å².